The van der Waals surface area contributed by atoms with E-state index in [4.69, 9.17) is 4.74 Å². The summed E-state index contributed by atoms with van der Waals surface area (Å²) in [6, 6.07) is 3.94. The van der Waals surface area contributed by atoms with E-state index in [0.29, 0.717) is 6.61 Å². The standard InChI is InChI=1S/C12H17F2NO/c1-3-15-7-9(2)8-16-11-6-4-5-10(13)12(11)14/h4-6,9,15H,3,7-8H2,1-2H3. The molecule has 0 saturated carbocycles. The molecule has 0 aromatic heterocycles. The van der Waals surface area contributed by atoms with Gasteiger partial charge in [-0.1, -0.05) is 19.9 Å². The van der Waals surface area contributed by atoms with E-state index in [1.54, 1.807) is 0 Å². The molecule has 0 amide bonds. The highest BCUT2D eigenvalue weighted by Gasteiger charge is 2.10. The predicted octanol–water partition coefficient (Wildman–Crippen LogP) is 2.59. The van der Waals surface area contributed by atoms with Gasteiger partial charge in [0.25, 0.3) is 0 Å². The Labute approximate surface area is 94.6 Å². The lowest BCUT2D eigenvalue weighted by molar-refractivity contribution is 0.243. The molecule has 0 bridgehead atoms. The van der Waals surface area contributed by atoms with E-state index in [2.05, 4.69) is 5.32 Å². The zero-order valence-corrected chi connectivity index (χ0v) is 9.59. The molecular formula is C12H17F2NO. The molecule has 2 nitrogen and oxygen atoms in total. The highest BCUT2D eigenvalue weighted by molar-refractivity contribution is 5.24. The zero-order valence-electron chi connectivity index (χ0n) is 9.59. The summed E-state index contributed by atoms with van der Waals surface area (Å²) < 4.78 is 31.2. The fourth-order valence-electron chi connectivity index (χ4n) is 1.28. The van der Waals surface area contributed by atoms with E-state index in [-0.39, 0.29) is 11.7 Å². The summed E-state index contributed by atoms with van der Waals surface area (Å²) in [5.41, 5.74) is 0. The minimum Gasteiger partial charge on any atom is -0.490 e. The fraction of sp³-hybridized carbons (Fsp3) is 0.500. The first kappa shape index (κ1) is 12.9. The van der Waals surface area contributed by atoms with Crippen LogP contribution in [0.4, 0.5) is 8.78 Å². The molecule has 0 fully saturated rings. The average molecular weight is 229 g/mol. The van der Waals surface area contributed by atoms with E-state index in [9.17, 15) is 8.78 Å². The molecule has 90 valence electrons. The Hall–Kier alpha value is -1.16. The van der Waals surface area contributed by atoms with Crippen LogP contribution in [0.5, 0.6) is 5.75 Å². The van der Waals surface area contributed by atoms with Gasteiger partial charge in [0.15, 0.2) is 11.6 Å². The monoisotopic (exact) mass is 229 g/mol. The van der Waals surface area contributed by atoms with E-state index in [1.807, 2.05) is 13.8 Å². The van der Waals surface area contributed by atoms with Crippen LogP contribution in [0, 0.1) is 17.6 Å². The molecule has 0 saturated heterocycles. The normalized spacial score (nSPS) is 12.5. The molecule has 0 heterocycles. The number of hydrogen-bond acceptors (Lipinski definition) is 2. The van der Waals surface area contributed by atoms with Crippen LogP contribution < -0.4 is 10.1 Å². The summed E-state index contributed by atoms with van der Waals surface area (Å²) in [5.74, 6) is -1.57. The number of hydrogen-bond donors (Lipinski definition) is 1. The lowest BCUT2D eigenvalue weighted by Crippen LogP contribution is -2.24. The molecule has 0 aliphatic heterocycles. The minimum absolute atomic E-state index is 0.0247. The van der Waals surface area contributed by atoms with Crippen LogP contribution in [0.2, 0.25) is 0 Å². The van der Waals surface area contributed by atoms with Gasteiger partial charge in [-0.25, -0.2) is 4.39 Å². The summed E-state index contributed by atoms with van der Waals surface area (Å²) in [6.07, 6.45) is 0. The van der Waals surface area contributed by atoms with Gasteiger partial charge in [0.05, 0.1) is 6.61 Å². The second kappa shape index (κ2) is 6.43. The van der Waals surface area contributed by atoms with Crippen molar-refractivity contribution < 1.29 is 13.5 Å². The summed E-state index contributed by atoms with van der Waals surface area (Å²) in [5, 5.41) is 3.16. The van der Waals surface area contributed by atoms with Crippen molar-refractivity contribution in [3.63, 3.8) is 0 Å². The van der Waals surface area contributed by atoms with Crippen LogP contribution in [0.1, 0.15) is 13.8 Å². The molecular weight excluding hydrogens is 212 g/mol. The first-order valence-corrected chi connectivity index (χ1v) is 5.42. The molecule has 0 radical (unpaired) electrons. The number of rotatable bonds is 6. The third kappa shape index (κ3) is 3.77. The summed E-state index contributed by atoms with van der Waals surface area (Å²) in [6.45, 7) is 6.05. The van der Waals surface area contributed by atoms with Crippen molar-refractivity contribution in [1.29, 1.82) is 0 Å². The van der Waals surface area contributed by atoms with Gasteiger partial charge in [0.2, 0.25) is 5.82 Å². The second-order valence-corrected chi connectivity index (χ2v) is 3.78. The molecule has 4 heteroatoms. The smallest absolute Gasteiger partial charge is 0.200 e. The maximum absolute atomic E-state index is 13.2. The minimum atomic E-state index is -0.918. The number of ether oxygens (including phenoxy) is 1. The Morgan fingerprint density at radius 2 is 2.12 bits per heavy atom. The van der Waals surface area contributed by atoms with Gasteiger partial charge in [-0.2, -0.15) is 4.39 Å². The molecule has 1 rings (SSSR count). The molecule has 1 aromatic rings. The fourth-order valence-corrected chi connectivity index (χ4v) is 1.28. The number of benzene rings is 1. The Bertz CT molecular complexity index is 331. The van der Waals surface area contributed by atoms with Crippen molar-refractivity contribution in [2.45, 2.75) is 13.8 Å². The molecule has 0 aliphatic carbocycles. The van der Waals surface area contributed by atoms with E-state index >= 15 is 0 Å². The third-order valence-corrected chi connectivity index (χ3v) is 2.18. The molecule has 16 heavy (non-hydrogen) atoms. The maximum atomic E-state index is 13.2. The SMILES string of the molecule is CCNCC(C)COc1cccc(F)c1F. The quantitative estimate of drug-likeness (QED) is 0.809. The Morgan fingerprint density at radius 3 is 2.81 bits per heavy atom. The van der Waals surface area contributed by atoms with Crippen molar-refractivity contribution in [2.75, 3.05) is 19.7 Å². The number of halogens is 2. The molecule has 0 aliphatic rings. The van der Waals surface area contributed by atoms with E-state index in [0.717, 1.165) is 19.2 Å². The van der Waals surface area contributed by atoms with Gasteiger partial charge < -0.3 is 10.1 Å². The Kier molecular flexibility index (Phi) is 5.19. The van der Waals surface area contributed by atoms with Crippen LogP contribution >= 0.6 is 0 Å². The summed E-state index contributed by atoms with van der Waals surface area (Å²) >= 11 is 0. The van der Waals surface area contributed by atoms with Gasteiger partial charge in [-0.05, 0) is 18.7 Å². The van der Waals surface area contributed by atoms with Gasteiger partial charge in [-0.3, -0.25) is 0 Å². The third-order valence-electron chi connectivity index (χ3n) is 2.18. The van der Waals surface area contributed by atoms with Gasteiger partial charge in [0, 0.05) is 12.5 Å². The molecule has 0 spiro atoms. The van der Waals surface area contributed by atoms with Crippen LogP contribution in [0.3, 0.4) is 0 Å². The van der Waals surface area contributed by atoms with Crippen LogP contribution in [0.15, 0.2) is 18.2 Å². The van der Waals surface area contributed by atoms with Crippen molar-refractivity contribution in [2.24, 2.45) is 5.92 Å². The number of nitrogens with one attached hydrogen (secondary N) is 1. The highest BCUT2D eigenvalue weighted by Crippen LogP contribution is 2.19. The average Bonchev–Trinajstić information content (AvgIpc) is 2.28. The van der Waals surface area contributed by atoms with Crippen molar-refractivity contribution in [1.82, 2.24) is 5.32 Å². The van der Waals surface area contributed by atoms with Gasteiger partial charge in [-0.15, -0.1) is 0 Å². The van der Waals surface area contributed by atoms with Crippen LogP contribution in [0.25, 0.3) is 0 Å². The highest BCUT2D eigenvalue weighted by atomic mass is 19.2. The summed E-state index contributed by atoms with van der Waals surface area (Å²) in [7, 11) is 0. The molecule has 1 aromatic carbocycles. The maximum Gasteiger partial charge on any atom is 0.200 e. The molecule has 1 unspecified atom stereocenters. The van der Waals surface area contributed by atoms with Crippen LogP contribution in [-0.2, 0) is 0 Å². The van der Waals surface area contributed by atoms with Gasteiger partial charge >= 0.3 is 0 Å². The Balaban J connectivity index is 2.45. The van der Waals surface area contributed by atoms with E-state index < -0.39 is 11.6 Å². The largest absolute Gasteiger partial charge is 0.490 e. The van der Waals surface area contributed by atoms with Crippen LogP contribution in [-0.4, -0.2) is 19.7 Å². The lowest BCUT2D eigenvalue weighted by Gasteiger charge is -2.13. The van der Waals surface area contributed by atoms with Gasteiger partial charge in [0.1, 0.15) is 0 Å². The molecule has 1 N–H and O–H groups in total. The zero-order chi connectivity index (χ0) is 12.0. The topological polar surface area (TPSA) is 21.3 Å². The predicted molar refractivity (Wildman–Crippen MR) is 59.6 cm³/mol. The lowest BCUT2D eigenvalue weighted by atomic mass is 10.2. The summed E-state index contributed by atoms with van der Waals surface area (Å²) in [4.78, 5) is 0. The van der Waals surface area contributed by atoms with E-state index in [1.165, 1.54) is 12.1 Å². The first-order valence-electron chi connectivity index (χ1n) is 5.42. The van der Waals surface area contributed by atoms with Crippen molar-refractivity contribution in [3.8, 4) is 5.75 Å². The van der Waals surface area contributed by atoms with Crippen molar-refractivity contribution in [3.05, 3.63) is 29.8 Å². The Morgan fingerprint density at radius 1 is 1.38 bits per heavy atom. The first-order chi connectivity index (χ1) is 7.65. The molecule has 1 atom stereocenters. The van der Waals surface area contributed by atoms with Crippen molar-refractivity contribution >= 4 is 0 Å². The second-order valence-electron chi connectivity index (χ2n) is 3.78.